The zero-order valence-corrected chi connectivity index (χ0v) is 30.4. The minimum absolute atomic E-state index is 0.254. The van der Waals surface area contributed by atoms with E-state index in [1.807, 2.05) is 54.6 Å². The predicted molar refractivity (Wildman–Crippen MR) is 217 cm³/mol. The number of aromatic nitrogens is 3. The van der Waals surface area contributed by atoms with Crippen molar-refractivity contribution in [2.75, 3.05) is 0 Å². The summed E-state index contributed by atoms with van der Waals surface area (Å²) in [5, 5.41) is 9.43. The molecule has 1 aromatic heterocycles. The summed E-state index contributed by atoms with van der Waals surface area (Å²) in [7, 11) is 0. The van der Waals surface area contributed by atoms with Crippen LogP contribution < -0.4 is 0 Å². The molecule has 4 heteroatoms. The van der Waals surface area contributed by atoms with Crippen LogP contribution in [0.5, 0.6) is 0 Å². The van der Waals surface area contributed by atoms with Crippen molar-refractivity contribution in [2.45, 2.75) is 38.0 Å². The van der Waals surface area contributed by atoms with Crippen LogP contribution in [0.3, 0.4) is 0 Å². The molecule has 3 fully saturated rings. The normalized spacial score (nSPS) is 22.3. The Kier molecular flexibility index (Phi) is 7.84. The van der Waals surface area contributed by atoms with Crippen LogP contribution in [-0.2, 0) is 5.41 Å². The molecule has 260 valence electrons. The maximum atomic E-state index is 9.43. The molecule has 0 N–H and O–H groups in total. The average molecular weight is 697 g/mol. The molecule has 0 spiro atoms. The van der Waals surface area contributed by atoms with Crippen molar-refractivity contribution < 1.29 is 0 Å². The van der Waals surface area contributed by atoms with Gasteiger partial charge in [-0.05, 0) is 136 Å². The number of hydrogen-bond donors (Lipinski definition) is 0. The first-order valence-electron chi connectivity index (χ1n) is 19.2. The van der Waals surface area contributed by atoms with Crippen LogP contribution in [0.4, 0.5) is 0 Å². The smallest absolute Gasteiger partial charge is 0.164 e. The van der Waals surface area contributed by atoms with E-state index in [2.05, 4.69) is 110 Å². The quantitative estimate of drug-likeness (QED) is 0.166. The number of rotatable bonds is 7. The first-order chi connectivity index (χ1) is 26.5. The summed E-state index contributed by atoms with van der Waals surface area (Å²) in [6.07, 6.45) is 5.56. The van der Waals surface area contributed by atoms with Crippen LogP contribution in [0.1, 0.15) is 43.7 Å². The van der Waals surface area contributed by atoms with Crippen molar-refractivity contribution >= 4 is 0 Å². The summed E-state index contributed by atoms with van der Waals surface area (Å²) < 4.78 is 0. The third kappa shape index (κ3) is 5.81. The lowest BCUT2D eigenvalue weighted by molar-refractivity contribution is -0.141. The van der Waals surface area contributed by atoms with E-state index in [1.165, 1.54) is 47.9 Å². The summed E-state index contributed by atoms with van der Waals surface area (Å²) in [6.45, 7) is 2.51. The second kappa shape index (κ2) is 13.0. The van der Waals surface area contributed by atoms with Crippen LogP contribution >= 0.6 is 0 Å². The van der Waals surface area contributed by atoms with E-state index in [0.717, 1.165) is 57.1 Å². The van der Waals surface area contributed by atoms with Gasteiger partial charge in [-0.2, -0.15) is 5.26 Å². The lowest BCUT2D eigenvalue weighted by Gasteiger charge is -2.65. The monoisotopic (exact) mass is 696 g/mol. The zero-order valence-electron chi connectivity index (χ0n) is 30.4. The van der Waals surface area contributed by atoms with Gasteiger partial charge in [0.2, 0.25) is 0 Å². The fourth-order valence-electron chi connectivity index (χ4n) is 9.87. The summed E-state index contributed by atoms with van der Waals surface area (Å²) in [5.41, 5.74) is 11.9. The SMILES string of the molecule is CC1(c2ccc(-c3cc(-c4ccc(-c5ccccc5)cc4)cc(-c4nc(-c5ccccc5)nc(-c5ccc(C#N)cc5)n4)c3)cc2)C[C@H]2C[C@@H]3C[C@@H](C1)C32. The molecule has 0 amide bonds. The van der Waals surface area contributed by atoms with Gasteiger partial charge >= 0.3 is 0 Å². The number of benzene rings is 6. The number of nitrogens with zero attached hydrogens (tertiary/aromatic N) is 4. The standard InChI is InChI=1S/C50H40N4/c1-50(29-43-27-41-28-44(30-50)46(41)43)45-22-20-36(21-23-45)40-24-39(35-18-16-34(17-19-35)33-8-4-2-5-9-33)25-42(26-40)49-53-47(37-10-6-3-7-11-37)52-48(54-49)38-14-12-32(31-51)13-15-38/h2-26,41,43-44,46H,27-30H2,1H3/t41-,43-,44+,46?,50?. The van der Waals surface area contributed by atoms with Crippen molar-refractivity contribution in [3.8, 4) is 73.6 Å². The van der Waals surface area contributed by atoms with Crippen LogP contribution in [0, 0.1) is 35.0 Å². The first-order valence-corrected chi connectivity index (χ1v) is 19.2. The lowest BCUT2D eigenvalue weighted by atomic mass is 9.39. The van der Waals surface area contributed by atoms with Crippen LogP contribution in [0.2, 0.25) is 0 Å². The summed E-state index contributed by atoms with van der Waals surface area (Å²) in [4.78, 5) is 15.1. The summed E-state index contributed by atoms with van der Waals surface area (Å²) in [5.74, 6) is 5.69. The van der Waals surface area contributed by atoms with E-state index in [-0.39, 0.29) is 5.41 Å². The van der Waals surface area contributed by atoms with Crippen molar-refractivity contribution in [1.82, 2.24) is 15.0 Å². The second-order valence-electron chi connectivity index (χ2n) is 16.0. The first kappa shape index (κ1) is 32.5. The van der Waals surface area contributed by atoms with Crippen LogP contribution in [-0.4, -0.2) is 15.0 Å². The van der Waals surface area contributed by atoms with E-state index < -0.39 is 0 Å². The van der Waals surface area contributed by atoms with Gasteiger partial charge in [0.1, 0.15) is 0 Å². The largest absolute Gasteiger partial charge is 0.208 e. The van der Waals surface area contributed by atoms with Crippen LogP contribution in [0.25, 0.3) is 67.5 Å². The van der Waals surface area contributed by atoms with Gasteiger partial charge in [0.05, 0.1) is 11.6 Å². The highest BCUT2D eigenvalue weighted by Gasteiger charge is 2.59. The highest BCUT2D eigenvalue weighted by atomic mass is 15.0. The molecule has 6 aromatic carbocycles. The van der Waals surface area contributed by atoms with Gasteiger partial charge in [0, 0.05) is 16.7 Å². The third-order valence-corrected chi connectivity index (χ3v) is 12.6. The van der Waals surface area contributed by atoms with Crippen molar-refractivity contribution in [3.63, 3.8) is 0 Å². The Morgan fingerprint density at radius 2 is 0.870 bits per heavy atom. The van der Waals surface area contributed by atoms with Gasteiger partial charge in [-0.25, -0.2) is 15.0 Å². The molecule has 4 nitrogen and oxygen atoms in total. The van der Waals surface area contributed by atoms with Crippen molar-refractivity contribution in [2.24, 2.45) is 23.7 Å². The van der Waals surface area contributed by atoms with Crippen molar-refractivity contribution in [1.29, 1.82) is 5.26 Å². The average Bonchev–Trinajstić information content (AvgIpc) is 3.22. The highest BCUT2D eigenvalue weighted by molar-refractivity contribution is 5.81. The summed E-state index contributed by atoms with van der Waals surface area (Å²) >= 11 is 0. The molecule has 1 heterocycles. The molecule has 3 aliphatic carbocycles. The fourth-order valence-corrected chi connectivity index (χ4v) is 9.87. The molecule has 7 aromatic rings. The zero-order chi connectivity index (χ0) is 36.2. The van der Waals surface area contributed by atoms with Gasteiger partial charge in [-0.1, -0.05) is 116 Å². The molecule has 0 radical (unpaired) electrons. The number of hydrogen-bond acceptors (Lipinski definition) is 4. The molecule has 2 unspecified atom stereocenters. The van der Waals surface area contributed by atoms with Gasteiger partial charge in [-0.3, -0.25) is 0 Å². The maximum absolute atomic E-state index is 9.43. The Morgan fingerprint density at radius 1 is 0.463 bits per heavy atom. The maximum Gasteiger partial charge on any atom is 0.164 e. The van der Waals surface area contributed by atoms with E-state index >= 15 is 0 Å². The lowest BCUT2D eigenvalue weighted by Crippen LogP contribution is -2.58. The Balaban J connectivity index is 1.08. The molecule has 0 aliphatic heterocycles. The minimum atomic E-state index is 0.254. The van der Waals surface area contributed by atoms with E-state index in [0.29, 0.717) is 23.0 Å². The van der Waals surface area contributed by atoms with E-state index in [9.17, 15) is 5.26 Å². The van der Waals surface area contributed by atoms with Gasteiger partial charge < -0.3 is 0 Å². The van der Waals surface area contributed by atoms with Gasteiger partial charge in [-0.15, -0.1) is 0 Å². The fraction of sp³-hybridized carbons (Fsp3) is 0.200. The molecular formula is C50H40N4. The van der Waals surface area contributed by atoms with Gasteiger partial charge in [0.25, 0.3) is 0 Å². The Labute approximate surface area is 317 Å². The predicted octanol–water partition coefficient (Wildman–Crippen LogP) is 12.1. The van der Waals surface area contributed by atoms with E-state index in [1.54, 1.807) is 0 Å². The minimum Gasteiger partial charge on any atom is -0.208 e. The molecule has 54 heavy (non-hydrogen) atoms. The molecule has 0 saturated heterocycles. The summed E-state index contributed by atoms with van der Waals surface area (Å²) in [6, 6.07) is 55.2. The van der Waals surface area contributed by atoms with E-state index in [4.69, 9.17) is 15.0 Å². The molecule has 10 rings (SSSR count). The molecule has 3 aliphatic rings. The van der Waals surface area contributed by atoms with Gasteiger partial charge in [0.15, 0.2) is 17.5 Å². The Morgan fingerprint density at radius 3 is 1.39 bits per heavy atom. The van der Waals surface area contributed by atoms with Crippen molar-refractivity contribution in [3.05, 3.63) is 163 Å². The Hall–Kier alpha value is -6.18. The number of nitriles is 1. The van der Waals surface area contributed by atoms with Crippen LogP contribution in [0.15, 0.2) is 152 Å². The molecule has 0 bridgehead atoms. The molecular weight excluding hydrogens is 657 g/mol. The highest BCUT2D eigenvalue weighted by Crippen LogP contribution is 2.67. The molecule has 3 saturated carbocycles. The Bertz CT molecular complexity index is 2500. The third-order valence-electron chi connectivity index (χ3n) is 12.6. The topological polar surface area (TPSA) is 62.5 Å². The second-order valence-corrected chi connectivity index (χ2v) is 16.0. The molecule has 5 atom stereocenters.